The van der Waals surface area contributed by atoms with Gasteiger partial charge in [-0.25, -0.2) is 9.37 Å². The van der Waals surface area contributed by atoms with Crippen LogP contribution in [-0.2, 0) is 5.75 Å². The topological polar surface area (TPSA) is 24.9 Å². The van der Waals surface area contributed by atoms with E-state index < -0.39 is 0 Å². The Kier molecular flexibility index (Phi) is 5.01. The van der Waals surface area contributed by atoms with Crippen molar-refractivity contribution < 1.29 is 4.39 Å². The number of anilines is 1. The molecule has 1 aromatic carbocycles. The van der Waals surface area contributed by atoms with Crippen LogP contribution in [0.4, 0.5) is 9.52 Å². The quantitative estimate of drug-likeness (QED) is 0.795. The summed E-state index contributed by atoms with van der Waals surface area (Å²) in [7, 11) is 0. The van der Waals surface area contributed by atoms with Crippen molar-refractivity contribution in [2.45, 2.75) is 24.0 Å². The third kappa shape index (κ3) is 3.99. The molecule has 0 unspecified atom stereocenters. The monoisotopic (exact) mass is 282 g/mol. The molecule has 0 fully saturated rings. The van der Waals surface area contributed by atoms with E-state index in [0.29, 0.717) is 0 Å². The van der Waals surface area contributed by atoms with Crippen LogP contribution in [0.15, 0.2) is 35.4 Å². The van der Waals surface area contributed by atoms with Crippen LogP contribution in [0.1, 0.15) is 18.2 Å². The first-order valence-electron chi connectivity index (χ1n) is 5.85. The first-order valence-corrected chi connectivity index (χ1v) is 7.65. The molecule has 1 aromatic heterocycles. The lowest BCUT2D eigenvalue weighted by molar-refractivity contribution is 0.624. The average Bonchev–Trinajstić information content (AvgIpc) is 2.82. The van der Waals surface area contributed by atoms with E-state index in [1.165, 1.54) is 10.9 Å². The van der Waals surface area contributed by atoms with Crippen molar-refractivity contribution in [3.05, 3.63) is 41.2 Å². The van der Waals surface area contributed by atoms with E-state index in [1.54, 1.807) is 35.2 Å². The van der Waals surface area contributed by atoms with Crippen LogP contribution in [0.5, 0.6) is 0 Å². The molecule has 2 aromatic rings. The molecule has 0 saturated carbocycles. The van der Waals surface area contributed by atoms with Gasteiger partial charge in [-0.05, 0) is 24.6 Å². The lowest BCUT2D eigenvalue weighted by Crippen LogP contribution is -1.97. The molecule has 0 atom stereocenters. The molecule has 2 rings (SSSR count). The molecule has 18 heavy (non-hydrogen) atoms. The molecule has 0 aliphatic rings. The van der Waals surface area contributed by atoms with E-state index in [-0.39, 0.29) is 5.82 Å². The molecule has 2 nitrogen and oxygen atoms in total. The number of nitrogens with one attached hydrogen (secondary N) is 1. The number of benzene rings is 1. The zero-order valence-corrected chi connectivity index (χ0v) is 11.8. The number of halogens is 1. The van der Waals surface area contributed by atoms with Gasteiger partial charge in [-0.2, -0.15) is 0 Å². The summed E-state index contributed by atoms with van der Waals surface area (Å²) in [6.07, 6.45) is 2.97. The molecule has 1 heterocycles. The Labute approximate surface area is 115 Å². The van der Waals surface area contributed by atoms with Crippen LogP contribution in [0.25, 0.3) is 0 Å². The highest BCUT2D eigenvalue weighted by Gasteiger charge is 2.03. The average molecular weight is 282 g/mol. The highest BCUT2D eigenvalue weighted by atomic mass is 32.2. The van der Waals surface area contributed by atoms with Crippen molar-refractivity contribution in [1.29, 1.82) is 0 Å². The fraction of sp³-hybridized carbons (Fsp3) is 0.308. The largest absolute Gasteiger partial charge is 0.362 e. The van der Waals surface area contributed by atoms with E-state index in [0.717, 1.165) is 28.7 Å². The van der Waals surface area contributed by atoms with Crippen molar-refractivity contribution in [2.75, 3.05) is 11.9 Å². The van der Waals surface area contributed by atoms with Gasteiger partial charge in [0.05, 0.1) is 0 Å². The van der Waals surface area contributed by atoms with Crippen LogP contribution >= 0.6 is 23.1 Å². The first-order chi connectivity index (χ1) is 8.78. The van der Waals surface area contributed by atoms with E-state index in [1.807, 2.05) is 12.3 Å². The van der Waals surface area contributed by atoms with Gasteiger partial charge in [0.1, 0.15) is 5.82 Å². The maximum absolute atomic E-state index is 13.0. The summed E-state index contributed by atoms with van der Waals surface area (Å²) >= 11 is 3.29. The second-order valence-electron chi connectivity index (χ2n) is 3.80. The fourth-order valence-electron chi connectivity index (χ4n) is 1.40. The predicted octanol–water partition coefficient (Wildman–Crippen LogP) is 4.40. The van der Waals surface area contributed by atoms with Crippen LogP contribution < -0.4 is 5.32 Å². The van der Waals surface area contributed by atoms with Gasteiger partial charge in [0, 0.05) is 28.3 Å². The number of thioether (sulfide) groups is 1. The fourth-order valence-corrected chi connectivity index (χ4v) is 3.20. The van der Waals surface area contributed by atoms with Crippen molar-refractivity contribution in [2.24, 2.45) is 0 Å². The summed E-state index contributed by atoms with van der Waals surface area (Å²) in [5.41, 5.74) is 0. The van der Waals surface area contributed by atoms with Crippen molar-refractivity contribution >= 4 is 28.2 Å². The molecule has 0 spiro atoms. The normalized spacial score (nSPS) is 10.6. The lowest BCUT2D eigenvalue weighted by Gasteiger charge is -1.99. The van der Waals surface area contributed by atoms with E-state index in [4.69, 9.17) is 0 Å². The predicted molar refractivity (Wildman–Crippen MR) is 76.9 cm³/mol. The van der Waals surface area contributed by atoms with E-state index in [9.17, 15) is 4.39 Å². The number of nitrogens with zero attached hydrogens (tertiary/aromatic N) is 1. The Morgan fingerprint density at radius 1 is 1.44 bits per heavy atom. The molecule has 1 N–H and O–H groups in total. The number of rotatable bonds is 6. The third-order valence-electron chi connectivity index (χ3n) is 2.26. The second kappa shape index (κ2) is 6.75. The minimum absolute atomic E-state index is 0.186. The SMILES string of the molecule is CCCNc1ncc(CSc2cccc(F)c2)s1. The van der Waals surface area contributed by atoms with Crippen molar-refractivity contribution in [3.63, 3.8) is 0 Å². The van der Waals surface area contributed by atoms with Gasteiger partial charge in [0.15, 0.2) is 5.13 Å². The van der Waals surface area contributed by atoms with Crippen LogP contribution in [0, 0.1) is 5.82 Å². The summed E-state index contributed by atoms with van der Waals surface area (Å²) in [5, 5.41) is 4.22. The Hall–Kier alpha value is -1.07. The molecular formula is C13H15FN2S2. The number of thiazole rings is 1. The zero-order chi connectivity index (χ0) is 12.8. The van der Waals surface area contributed by atoms with E-state index >= 15 is 0 Å². The molecule has 96 valence electrons. The van der Waals surface area contributed by atoms with Crippen molar-refractivity contribution in [3.8, 4) is 0 Å². The minimum atomic E-state index is -0.186. The number of aromatic nitrogens is 1. The highest BCUT2D eigenvalue weighted by Crippen LogP contribution is 2.27. The van der Waals surface area contributed by atoms with Crippen LogP contribution in [0.3, 0.4) is 0 Å². The van der Waals surface area contributed by atoms with Gasteiger partial charge in [0.25, 0.3) is 0 Å². The Morgan fingerprint density at radius 2 is 2.33 bits per heavy atom. The Morgan fingerprint density at radius 3 is 3.11 bits per heavy atom. The maximum Gasteiger partial charge on any atom is 0.182 e. The standard InChI is InChI=1S/C13H15FN2S2/c1-2-6-15-13-16-8-12(18-13)9-17-11-5-3-4-10(14)7-11/h3-5,7-8H,2,6,9H2,1H3,(H,15,16). The third-order valence-corrected chi connectivity index (χ3v) is 4.44. The number of hydrogen-bond acceptors (Lipinski definition) is 4. The van der Waals surface area contributed by atoms with Gasteiger partial charge in [-0.15, -0.1) is 23.1 Å². The van der Waals surface area contributed by atoms with Gasteiger partial charge >= 0.3 is 0 Å². The maximum atomic E-state index is 13.0. The van der Waals surface area contributed by atoms with Gasteiger partial charge in [0.2, 0.25) is 0 Å². The van der Waals surface area contributed by atoms with E-state index in [2.05, 4.69) is 17.2 Å². The first kappa shape index (κ1) is 13.4. The van der Waals surface area contributed by atoms with Crippen LogP contribution in [-0.4, -0.2) is 11.5 Å². The summed E-state index contributed by atoms with van der Waals surface area (Å²) in [6.45, 7) is 3.07. The molecule has 0 aliphatic heterocycles. The van der Waals surface area contributed by atoms with Gasteiger partial charge in [-0.3, -0.25) is 0 Å². The molecule has 5 heteroatoms. The molecule has 0 aliphatic carbocycles. The Bertz CT molecular complexity index is 499. The van der Waals surface area contributed by atoms with Crippen molar-refractivity contribution in [1.82, 2.24) is 4.98 Å². The molecule has 0 bridgehead atoms. The lowest BCUT2D eigenvalue weighted by atomic mass is 10.4. The summed E-state index contributed by atoms with van der Waals surface area (Å²) in [5.74, 6) is 0.643. The molecule has 0 amide bonds. The summed E-state index contributed by atoms with van der Waals surface area (Å²) in [6, 6.07) is 6.68. The smallest absolute Gasteiger partial charge is 0.182 e. The van der Waals surface area contributed by atoms with Gasteiger partial charge < -0.3 is 5.32 Å². The minimum Gasteiger partial charge on any atom is -0.362 e. The van der Waals surface area contributed by atoms with Gasteiger partial charge in [-0.1, -0.05) is 13.0 Å². The zero-order valence-electron chi connectivity index (χ0n) is 10.1. The summed E-state index contributed by atoms with van der Waals surface area (Å²) < 4.78 is 13.0. The van der Waals surface area contributed by atoms with Crippen LogP contribution in [0.2, 0.25) is 0 Å². The molecule has 0 saturated heterocycles. The second-order valence-corrected chi connectivity index (χ2v) is 5.97. The Balaban J connectivity index is 1.88. The molecular weight excluding hydrogens is 267 g/mol. The summed E-state index contributed by atoms with van der Waals surface area (Å²) in [4.78, 5) is 6.45. The molecule has 0 radical (unpaired) electrons. The highest BCUT2D eigenvalue weighted by molar-refractivity contribution is 7.98. The number of hydrogen-bond donors (Lipinski definition) is 1.